The number of piperidine rings is 2. The molecule has 3 aliphatic rings. The number of carbonyl (C=O) groups is 2. The minimum absolute atomic E-state index is 0.0733. The molecule has 0 aromatic heterocycles. The Morgan fingerprint density at radius 3 is 2.57 bits per heavy atom. The summed E-state index contributed by atoms with van der Waals surface area (Å²) < 4.78 is 50.7. The molecule has 2 amide bonds. The molecule has 12 heteroatoms. The highest BCUT2D eigenvalue weighted by Gasteiger charge is 2.48. The Kier molecular flexibility index (Phi) is 8.17. The first-order chi connectivity index (χ1) is 17.3. The summed E-state index contributed by atoms with van der Waals surface area (Å²) in [5, 5.41) is 6.15. The van der Waals surface area contributed by atoms with Crippen LogP contribution in [0.25, 0.3) is 0 Å². The summed E-state index contributed by atoms with van der Waals surface area (Å²) >= 11 is 8.12. The molecule has 4 unspecified atom stereocenters. The zero-order chi connectivity index (χ0) is 27.1. The maximum atomic E-state index is 13.1. The fourth-order valence-electron chi connectivity index (χ4n) is 5.49. The lowest BCUT2D eigenvalue weighted by atomic mass is 9.89. The Morgan fingerprint density at radius 2 is 1.95 bits per heavy atom. The summed E-state index contributed by atoms with van der Waals surface area (Å²) in [5.74, 6) is -1.33. The SMILES string of the molecule is CSC1CC(C)NC(=O)C1CNC(=O)c1cc(Cl)c2c(c1C)OC(C)(C1CCN(CC(F)(F)F)CC1)O2. The van der Waals surface area contributed by atoms with E-state index in [9.17, 15) is 22.8 Å². The van der Waals surface area contributed by atoms with Gasteiger partial charge in [0.1, 0.15) is 0 Å². The third-order valence-electron chi connectivity index (χ3n) is 7.57. The Hall–Kier alpha value is -1.85. The van der Waals surface area contributed by atoms with Gasteiger partial charge < -0.3 is 20.1 Å². The maximum Gasteiger partial charge on any atom is 0.401 e. The molecule has 1 aromatic rings. The van der Waals surface area contributed by atoms with Gasteiger partial charge in [0.15, 0.2) is 11.5 Å². The lowest BCUT2D eigenvalue weighted by Crippen LogP contribution is -2.52. The van der Waals surface area contributed by atoms with Crippen molar-refractivity contribution in [3.8, 4) is 11.5 Å². The van der Waals surface area contributed by atoms with Crippen LogP contribution in [0, 0.1) is 18.8 Å². The van der Waals surface area contributed by atoms with E-state index in [1.165, 1.54) is 11.0 Å². The molecular formula is C25H33ClF3N3O4S. The van der Waals surface area contributed by atoms with Crippen molar-refractivity contribution in [2.75, 3.05) is 32.4 Å². The number of thioether (sulfide) groups is 1. The minimum Gasteiger partial charge on any atom is -0.448 e. The number of amides is 2. The van der Waals surface area contributed by atoms with Gasteiger partial charge in [0.25, 0.3) is 11.7 Å². The van der Waals surface area contributed by atoms with Crippen LogP contribution >= 0.6 is 23.4 Å². The molecule has 1 aromatic carbocycles. The summed E-state index contributed by atoms with van der Waals surface area (Å²) in [6.07, 6.45) is -0.489. The number of fused-ring (bicyclic) bond motifs is 1. The summed E-state index contributed by atoms with van der Waals surface area (Å²) in [6.45, 7) is 5.31. The second kappa shape index (κ2) is 10.7. The lowest BCUT2D eigenvalue weighted by molar-refractivity contribution is -0.159. The van der Waals surface area contributed by atoms with Gasteiger partial charge in [0, 0.05) is 41.8 Å². The summed E-state index contributed by atoms with van der Waals surface area (Å²) in [7, 11) is 0. The first-order valence-electron chi connectivity index (χ1n) is 12.4. The van der Waals surface area contributed by atoms with Gasteiger partial charge >= 0.3 is 6.18 Å². The van der Waals surface area contributed by atoms with Gasteiger partial charge in [-0.05, 0) is 58.5 Å². The fourth-order valence-corrected chi connectivity index (χ4v) is 6.75. The van der Waals surface area contributed by atoms with E-state index < -0.39 is 18.5 Å². The van der Waals surface area contributed by atoms with Crippen molar-refractivity contribution in [2.45, 2.75) is 63.3 Å². The summed E-state index contributed by atoms with van der Waals surface area (Å²) in [6, 6.07) is 1.62. The van der Waals surface area contributed by atoms with Crippen molar-refractivity contribution in [3.05, 3.63) is 22.2 Å². The van der Waals surface area contributed by atoms with Gasteiger partial charge in [-0.3, -0.25) is 14.5 Å². The highest BCUT2D eigenvalue weighted by molar-refractivity contribution is 7.99. The molecule has 0 aliphatic carbocycles. The van der Waals surface area contributed by atoms with Crippen LogP contribution in [0.15, 0.2) is 6.07 Å². The number of ether oxygens (including phenoxy) is 2. The fraction of sp³-hybridized carbons (Fsp3) is 0.680. The van der Waals surface area contributed by atoms with Gasteiger partial charge in [0.05, 0.1) is 17.5 Å². The molecule has 37 heavy (non-hydrogen) atoms. The van der Waals surface area contributed by atoms with E-state index in [0.717, 1.165) is 6.42 Å². The molecule has 2 saturated heterocycles. The molecule has 3 heterocycles. The number of alkyl halides is 3. The molecule has 206 valence electrons. The van der Waals surface area contributed by atoms with E-state index in [1.807, 2.05) is 13.2 Å². The lowest BCUT2D eigenvalue weighted by Gasteiger charge is -2.38. The Morgan fingerprint density at radius 1 is 1.30 bits per heavy atom. The van der Waals surface area contributed by atoms with Crippen LogP contribution in [0.3, 0.4) is 0 Å². The molecule has 2 N–H and O–H groups in total. The quantitative estimate of drug-likeness (QED) is 0.534. The highest BCUT2D eigenvalue weighted by atomic mass is 35.5. The molecule has 0 saturated carbocycles. The Bertz CT molecular complexity index is 1050. The van der Waals surface area contributed by atoms with Crippen LogP contribution in [-0.4, -0.2) is 72.4 Å². The van der Waals surface area contributed by atoms with Crippen molar-refractivity contribution in [1.82, 2.24) is 15.5 Å². The molecule has 0 bridgehead atoms. The average Bonchev–Trinajstić information content (AvgIpc) is 3.19. The first kappa shape index (κ1) is 28.2. The molecule has 0 radical (unpaired) electrons. The predicted octanol–water partition coefficient (Wildman–Crippen LogP) is 4.40. The number of nitrogens with one attached hydrogen (secondary N) is 2. The van der Waals surface area contributed by atoms with Crippen molar-refractivity contribution in [3.63, 3.8) is 0 Å². The van der Waals surface area contributed by atoms with E-state index in [-0.39, 0.29) is 59.6 Å². The smallest absolute Gasteiger partial charge is 0.401 e. The molecule has 3 aliphatic heterocycles. The average molecular weight is 564 g/mol. The number of hydrogen-bond donors (Lipinski definition) is 2. The molecular weight excluding hydrogens is 531 g/mol. The summed E-state index contributed by atoms with van der Waals surface area (Å²) in [4.78, 5) is 27.0. The van der Waals surface area contributed by atoms with Crippen LogP contribution in [0.5, 0.6) is 11.5 Å². The number of hydrogen-bond acceptors (Lipinski definition) is 6. The number of likely N-dealkylation sites (tertiary alicyclic amines) is 1. The molecule has 4 rings (SSSR count). The van der Waals surface area contributed by atoms with Gasteiger partial charge in [-0.25, -0.2) is 0 Å². The number of nitrogens with zero attached hydrogens (tertiary/aromatic N) is 1. The van der Waals surface area contributed by atoms with E-state index in [4.69, 9.17) is 21.1 Å². The van der Waals surface area contributed by atoms with Crippen LogP contribution in [0.2, 0.25) is 5.02 Å². The normalized spacial score (nSPS) is 28.8. The van der Waals surface area contributed by atoms with E-state index >= 15 is 0 Å². The third-order valence-corrected chi connectivity index (χ3v) is 8.98. The van der Waals surface area contributed by atoms with Crippen LogP contribution in [0.1, 0.15) is 49.0 Å². The number of benzene rings is 1. The number of carbonyl (C=O) groups excluding carboxylic acids is 2. The number of rotatable bonds is 6. The number of halogens is 4. The second-order valence-corrected chi connectivity index (χ2v) is 11.8. The molecule has 7 nitrogen and oxygen atoms in total. The molecule has 4 atom stereocenters. The molecule has 0 spiro atoms. The van der Waals surface area contributed by atoms with Gasteiger partial charge in [-0.2, -0.15) is 24.9 Å². The molecule has 2 fully saturated rings. The topological polar surface area (TPSA) is 79.9 Å². The van der Waals surface area contributed by atoms with Crippen molar-refractivity contribution in [1.29, 1.82) is 0 Å². The first-order valence-corrected chi connectivity index (χ1v) is 14.1. The van der Waals surface area contributed by atoms with Gasteiger partial charge in [-0.15, -0.1) is 0 Å². The predicted molar refractivity (Wildman–Crippen MR) is 136 cm³/mol. The standard InChI is InChI=1S/C25H33ClF3N3O4S/c1-13-9-19(37-4)17(23(34)31-13)11-30-22(33)16-10-18(26)21-20(14(16)2)35-24(3,36-21)15-5-7-32(8-6-15)12-25(27,28)29/h10,13,15,17,19H,5-9,11-12H2,1-4H3,(H,30,33)(H,31,34). The second-order valence-electron chi connectivity index (χ2n) is 10.3. The Balaban J connectivity index is 1.44. The van der Waals surface area contributed by atoms with Crippen LogP contribution in [0.4, 0.5) is 13.2 Å². The Labute approximate surface area is 224 Å². The highest BCUT2D eigenvalue weighted by Crippen LogP contribution is 2.51. The van der Waals surface area contributed by atoms with E-state index in [1.54, 1.807) is 25.6 Å². The van der Waals surface area contributed by atoms with Crippen molar-refractivity contribution < 1.29 is 32.2 Å². The third kappa shape index (κ3) is 6.09. The zero-order valence-corrected chi connectivity index (χ0v) is 22.9. The van der Waals surface area contributed by atoms with Crippen molar-refractivity contribution in [2.24, 2.45) is 11.8 Å². The maximum absolute atomic E-state index is 13.1. The van der Waals surface area contributed by atoms with Gasteiger partial charge in [0.2, 0.25) is 5.91 Å². The van der Waals surface area contributed by atoms with Gasteiger partial charge in [-0.1, -0.05) is 11.6 Å². The van der Waals surface area contributed by atoms with E-state index in [2.05, 4.69) is 10.6 Å². The largest absolute Gasteiger partial charge is 0.448 e. The van der Waals surface area contributed by atoms with Crippen LogP contribution in [-0.2, 0) is 4.79 Å². The van der Waals surface area contributed by atoms with Crippen molar-refractivity contribution >= 4 is 35.2 Å². The zero-order valence-electron chi connectivity index (χ0n) is 21.3. The van der Waals surface area contributed by atoms with E-state index in [0.29, 0.717) is 35.5 Å². The minimum atomic E-state index is -4.23. The monoisotopic (exact) mass is 563 g/mol. The van der Waals surface area contributed by atoms with Crippen LogP contribution < -0.4 is 20.1 Å². The summed E-state index contributed by atoms with van der Waals surface area (Å²) in [5.41, 5.74) is 0.875.